The average molecular weight is 385 g/mol. The SMILES string of the molecule is Cc1ccc(N2C(=O)NC(=O)/C(=C\c3cccn3-c3ccccc3C)C2=O)cc1. The Hall–Kier alpha value is -3.93. The largest absolute Gasteiger partial charge is 0.335 e. The Kier molecular flexibility index (Phi) is 4.60. The van der Waals surface area contributed by atoms with Gasteiger partial charge in [-0.15, -0.1) is 0 Å². The minimum Gasteiger partial charge on any atom is -0.317 e. The molecule has 6 heteroatoms. The van der Waals surface area contributed by atoms with Crippen molar-refractivity contribution in [1.82, 2.24) is 9.88 Å². The van der Waals surface area contributed by atoms with Crippen LogP contribution in [0.5, 0.6) is 0 Å². The van der Waals surface area contributed by atoms with Crippen molar-refractivity contribution in [3.05, 3.63) is 89.3 Å². The lowest BCUT2D eigenvalue weighted by molar-refractivity contribution is -0.122. The highest BCUT2D eigenvalue weighted by Crippen LogP contribution is 2.24. The molecule has 1 N–H and O–H groups in total. The first kappa shape index (κ1) is 18.4. The van der Waals surface area contributed by atoms with Crippen LogP contribution in [-0.4, -0.2) is 22.4 Å². The van der Waals surface area contributed by atoms with E-state index in [-0.39, 0.29) is 5.57 Å². The first-order valence-electron chi connectivity index (χ1n) is 9.17. The summed E-state index contributed by atoms with van der Waals surface area (Å²) in [6.07, 6.45) is 3.38. The van der Waals surface area contributed by atoms with Crippen molar-refractivity contribution in [1.29, 1.82) is 0 Å². The molecule has 0 saturated carbocycles. The van der Waals surface area contributed by atoms with Crippen molar-refractivity contribution >= 4 is 29.6 Å². The van der Waals surface area contributed by atoms with Gasteiger partial charge in [0, 0.05) is 17.6 Å². The second-order valence-electron chi connectivity index (χ2n) is 6.88. The molecule has 0 atom stereocenters. The normalized spacial score (nSPS) is 15.7. The smallest absolute Gasteiger partial charge is 0.317 e. The number of barbiturate groups is 1. The number of aromatic nitrogens is 1. The molecule has 3 aromatic rings. The minimum absolute atomic E-state index is 0.0984. The molecule has 4 amide bonds. The first-order valence-corrected chi connectivity index (χ1v) is 9.17. The fourth-order valence-electron chi connectivity index (χ4n) is 3.30. The zero-order chi connectivity index (χ0) is 20.5. The zero-order valence-corrected chi connectivity index (χ0v) is 16.0. The molecule has 0 bridgehead atoms. The molecule has 6 nitrogen and oxygen atoms in total. The standard InChI is InChI=1S/C23H19N3O3/c1-15-9-11-17(12-10-15)26-22(28)19(21(27)24-23(26)29)14-18-7-5-13-25(18)20-8-4-3-6-16(20)2/h3-14H,1-2H3,(H,24,27,29)/b19-14+. The number of hydrogen-bond acceptors (Lipinski definition) is 3. The molecule has 0 aliphatic carbocycles. The summed E-state index contributed by atoms with van der Waals surface area (Å²) in [4.78, 5) is 38.8. The Morgan fingerprint density at radius 2 is 1.59 bits per heavy atom. The summed E-state index contributed by atoms with van der Waals surface area (Å²) in [6, 6.07) is 17.7. The highest BCUT2D eigenvalue weighted by atomic mass is 16.2. The summed E-state index contributed by atoms with van der Waals surface area (Å²) < 4.78 is 1.90. The van der Waals surface area contributed by atoms with Gasteiger partial charge in [-0.25, -0.2) is 9.69 Å². The van der Waals surface area contributed by atoms with Crippen LogP contribution in [0.1, 0.15) is 16.8 Å². The summed E-state index contributed by atoms with van der Waals surface area (Å²) >= 11 is 0. The number of imide groups is 2. The number of urea groups is 1. The highest BCUT2D eigenvalue weighted by molar-refractivity contribution is 6.39. The van der Waals surface area contributed by atoms with Gasteiger partial charge in [-0.3, -0.25) is 14.9 Å². The molecule has 4 rings (SSSR count). The number of aryl methyl sites for hydroxylation is 2. The van der Waals surface area contributed by atoms with Crippen LogP contribution in [0.2, 0.25) is 0 Å². The number of rotatable bonds is 3. The van der Waals surface area contributed by atoms with Crippen LogP contribution in [0.3, 0.4) is 0 Å². The van der Waals surface area contributed by atoms with E-state index in [0.717, 1.165) is 21.7 Å². The van der Waals surface area contributed by atoms with Crippen molar-refractivity contribution in [3.8, 4) is 5.69 Å². The van der Waals surface area contributed by atoms with E-state index >= 15 is 0 Å². The summed E-state index contributed by atoms with van der Waals surface area (Å²) in [6.45, 7) is 3.90. The number of benzene rings is 2. The summed E-state index contributed by atoms with van der Waals surface area (Å²) in [7, 11) is 0. The third-order valence-electron chi connectivity index (χ3n) is 4.84. The van der Waals surface area contributed by atoms with Crippen molar-refractivity contribution in [2.24, 2.45) is 0 Å². The maximum absolute atomic E-state index is 13.0. The lowest BCUT2D eigenvalue weighted by Crippen LogP contribution is -2.54. The van der Waals surface area contributed by atoms with Crippen LogP contribution in [0.15, 0.2) is 72.4 Å². The number of nitrogens with zero attached hydrogens (tertiary/aromatic N) is 2. The van der Waals surface area contributed by atoms with Gasteiger partial charge in [0.2, 0.25) is 0 Å². The monoisotopic (exact) mass is 385 g/mol. The summed E-state index contributed by atoms with van der Waals surface area (Å²) in [5.41, 5.74) is 3.97. The van der Waals surface area contributed by atoms with E-state index in [2.05, 4.69) is 5.32 Å². The molecule has 0 radical (unpaired) electrons. The number of carbonyl (C=O) groups excluding carboxylic acids is 3. The lowest BCUT2D eigenvalue weighted by atomic mass is 10.1. The van der Waals surface area contributed by atoms with Gasteiger partial charge < -0.3 is 4.57 Å². The van der Waals surface area contributed by atoms with Crippen LogP contribution in [-0.2, 0) is 9.59 Å². The second-order valence-corrected chi connectivity index (χ2v) is 6.88. The summed E-state index contributed by atoms with van der Waals surface area (Å²) in [5.74, 6) is -1.36. The number of anilines is 1. The molecule has 1 aliphatic rings. The van der Waals surface area contributed by atoms with Crippen LogP contribution in [0, 0.1) is 13.8 Å². The molecule has 2 heterocycles. The van der Waals surface area contributed by atoms with Crippen molar-refractivity contribution in [2.45, 2.75) is 13.8 Å². The molecule has 1 aromatic heterocycles. The van der Waals surface area contributed by atoms with Gasteiger partial charge in [-0.2, -0.15) is 0 Å². The maximum Gasteiger partial charge on any atom is 0.335 e. The van der Waals surface area contributed by atoms with Crippen LogP contribution in [0.25, 0.3) is 11.8 Å². The van der Waals surface area contributed by atoms with E-state index in [1.54, 1.807) is 24.3 Å². The Morgan fingerprint density at radius 3 is 2.31 bits per heavy atom. The highest BCUT2D eigenvalue weighted by Gasteiger charge is 2.36. The number of amides is 4. The molecule has 0 spiro atoms. The summed E-state index contributed by atoms with van der Waals surface area (Å²) in [5, 5.41) is 2.26. The first-order chi connectivity index (χ1) is 14.0. The fraction of sp³-hybridized carbons (Fsp3) is 0.0870. The van der Waals surface area contributed by atoms with E-state index in [4.69, 9.17) is 0 Å². The molecule has 144 valence electrons. The zero-order valence-electron chi connectivity index (χ0n) is 16.0. The molecule has 1 aliphatic heterocycles. The second kappa shape index (κ2) is 7.24. The van der Waals surface area contributed by atoms with Gasteiger partial charge in [-0.05, 0) is 55.8 Å². The predicted molar refractivity (Wildman–Crippen MR) is 111 cm³/mol. The van der Waals surface area contributed by atoms with E-state index in [0.29, 0.717) is 11.4 Å². The Labute approximate surface area is 168 Å². The number of hydrogen-bond donors (Lipinski definition) is 1. The lowest BCUT2D eigenvalue weighted by Gasteiger charge is -2.26. The fourth-order valence-corrected chi connectivity index (χ4v) is 3.30. The maximum atomic E-state index is 13.0. The van der Waals surface area contributed by atoms with E-state index < -0.39 is 17.8 Å². The van der Waals surface area contributed by atoms with E-state index in [1.165, 1.54) is 6.08 Å². The van der Waals surface area contributed by atoms with Crippen molar-refractivity contribution < 1.29 is 14.4 Å². The third kappa shape index (κ3) is 3.36. The predicted octanol–water partition coefficient (Wildman–Crippen LogP) is 3.76. The molecule has 1 saturated heterocycles. The molecule has 2 aromatic carbocycles. The van der Waals surface area contributed by atoms with E-state index in [1.807, 2.05) is 61.0 Å². The van der Waals surface area contributed by atoms with Crippen LogP contribution >= 0.6 is 0 Å². The quantitative estimate of drug-likeness (QED) is 0.551. The van der Waals surface area contributed by atoms with Crippen molar-refractivity contribution in [3.63, 3.8) is 0 Å². The molecular weight excluding hydrogens is 366 g/mol. The van der Waals surface area contributed by atoms with Gasteiger partial charge in [0.15, 0.2) is 0 Å². The molecule has 29 heavy (non-hydrogen) atoms. The Balaban J connectivity index is 1.76. The van der Waals surface area contributed by atoms with Gasteiger partial charge in [0.25, 0.3) is 11.8 Å². The van der Waals surface area contributed by atoms with Crippen LogP contribution < -0.4 is 10.2 Å². The topological polar surface area (TPSA) is 71.4 Å². The minimum atomic E-state index is -0.754. The van der Waals surface area contributed by atoms with Crippen molar-refractivity contribution in [2.75, 3.05) is 4.90 Å². The van der Waals surface area contributed by atoms with Crippen LogP contribution in [0.4, 0.5) is 10.5 Å². The average Bonchev–Trinajstić information content (AvgIpc) is 3.15. The number of para-hydroxylation sites is 1. The number of carbonyl (C=O) groups is 3. The third-order valence-corrected chi connectivity index (χ3v) is 4.84. The van der Waals surface area contributed by atoms with Gasteiger partial charge >= 0.3 is 6.03 Å². The van der Waals surface area contributed by atoms with Gasteiger partial charge in [0.1, 0.15) is 5.57 Å². The molecule has 0 unspecified atom stereocenters. The van der Waals surface area contributed by atoms with Gasteiger partial charge in [0.05, 0.1) is 5.69 Å². The Bertz CT molecular complexity index is 1160. The number of nitrogens with one attached hydrogen (secondary N) is 1. The molecule has 1 fully saturated rings. The van der Waals surface area contributed by atoms with Gasteiger partial charge in [-0.1, -0.05) is 35.9 Å². The van der Waals surface area contributed by atoms with E-state index in [9.17, 15) is 14.4 Å². The molecular formula is C23H19N3O3. The Morgan fingerprint density at radius 1 is 0.862 bits per heavy atom.